The van der Waals surface area contributed by atoms with Gasteiger partial charge in [0.1, 0.15) is 11.5 Å². The lowest BCUT2D eigenvalue weighted by atomic mass is 10.3. The Morgan fingerprint density at radius 1 is 0.478 bits per heavy atom. The van der Waals surface area contributed by atoms with Crippen LogP contribution in [0.4, 0.5) is 0 Å². The zero-order valence-electron chi connectivity index (χ0n) is 11.2. The normalized spacial score (nSPS) is 10.8. The molecule has 0 aromatic heterocycles. The zero-order chi connectivity index (χ0) is 16.3. The Bertz CT molecular complexity index is 547. The molecule has 2 rings (SSSR count). The van der Waals surface area contributed by atoms with Gasteiger partial charge in [0.2, 0.25) is 0 Å². The Morgan fingerprint density at radius 2 is 0.826 bits per heavy atom. The van der Waals surface area contributed by atoms with Crippen molar-refractivity contribution >= 4 is 90.4 Å². The first-order valence-corrected chi connectivity index (χ1v) is 17.3. The fourth-order valence-electron chi connectivity index (χ4n) is 1.21. The summed E-state index contributed by atoms with van der Waals surface area (Å²) in [5.41, 5.74) is 0. The third-order valence-electron chi connectivity index (χ3n) is 2.14. The number of para-hydroxylation sites is 2. The summed E-state index contributed by atoms with van der Waals surface area (Å²) in [6.45, 7) is 0. The highest BCUT2D eigenvalue weighted by molar-refractivity contribution is 9.51. The van der Waals surface area contributed by atoms with Gasteiger partial charge in [-0.15, -0.1) is 0 Å². The Morgan fingerprint density at radius 3 is 1.22 bits per heavy atom. The summed E-state index contributed by atoms with van der Waals surface area (Å²) in [5.74, 6) is 0.650. The average Bonchev–Trinajstić information content (AvgIpc) is 2.56. The van der Waals surface area contributed by atoms with Crippen LogP contribution >= 0.6 is 90.4 Å². The quantitative estimate of drug-likeness (QED) is 0.257. The second kappa shape index (κ2) is 12.5. The van der Waals surface area contributed by atoms with E-state index in [0.29, 0.717) is 11.5 Å². The molecule has 2 aromatic rings. The molecular formula is C12H10O2S9. The third kappa shape index (κ3) is 8.41. The van der Waals surface area contributed by atoms with Crippen LogP contribution in [0.2, 0.25) is 0 Å². The standard InChI is InChI=1S/C12H10O2S9/c13-9-5-1-3-7-11(9)15-17-19-21-23-22-20-18-16-12-8-4-2-6-10(12)14/h1-8,13-14H. The summed E-state index contributed by atoms with van der Waals surface area (Å²) in [7, 11) is 14.8. The number of hydrogen-bond donors (Lipinski definition) is 2. The van der Waals surface area contributed by atoms with Gasteiger partial charge in [-0.05, 0) is 115 Å². The molecule has 0 amide bonds. The van der Waals surface area contributed by atoms with Crippen molar-refractivity contribution in [3.8, 4) is 11.5 Å². The predicted molar refractivity (Wildman–Crippen MR) is 121 cm³/mol. The number of phenolic OH excluding ortho intramolecular Hbond substituents is 2. The van der Waals surface area contributed by atoms with Crippen molar-refractivity contribution in [2.75, 3.05) is 0 Å². The zero-order valence-corrected chi connectivity index (χ0v) is 18.5. The largest absolute Gasteiger partial charge is 0.507 e. The monoisotopic (exact) mass is 474 g/mol. The smallest absolute Gasteiger partial charge is 0.130 e. The molecule has 2 N–H and O–H groups in total. The molecule has 0 radical (unpaired) electrons. The number of phenols is 2. The van der Waals surface area contributed by atoms with Gasteiger partial charge in [-0.3, -0.25) is 0 Å². The number of benzene rings is 2. The van der Waals surface area contributed by atoms with E-state index in [1.807, 2.05) is 36.4 Å². The van der Waals surface area contributed by atoms with E-state index in [0.717, 1.165) is 9.79 Å². The van der Waals surface area contributed by atoms with Crippen LogP contribution in [0.25, 0.3) is 0 Å². The van der Waals surface area contributed by atoms with Gasteiger partial charge in [0.05, 0.1) is 9.79 Å². The Kier molecular flexibility index (Phi) is 11.2. The highest BCUT2D eigenvalue weighted by atomic mass is 34.0. The van der Waals surface area contributed by atoms with Gasteiger partial charge in [0.15, 0.2) is 0 Å². The molecule has 0 spiro atoms. The fraction of sp³-hybridized carbons (Fsp3) is 0. The second-order valence-electron chi connectivity index (χ2n) is 3.58. The Labute approximate surface area is 168 Å². The maximum absolute atomic E-state index is 9.64. The van der Waals surface area contributed by atoms with Gasteiger partial charge >= 0.3 is 0 Å². The van der Waals surface area contributed by atoms with Gasteiger partial charge in [0.25, 0.3) is 0 Å². The van der Waals surface area contributed by atoms with Gasteiger partial charge in [-0.1, -0.05) is 24.3 Å². The molecule has 0 heterocycles. The van der Waals surface area contributed by atoms with Crippen LogP contribution in [0, 0.1) is 0 Å². The fourth-order valence-corrected chi connectivity index (χ4v) is 20.5. The molecule has 0 saturated carbocycles. The van der Waals surface area contributed by atoms with Gasteiger partial charge in [-0.2, -0.15) is 0 Å². The van der Waals surface area contributed by atoms with E-state index in [9.17, 15) is 10.2 Å². The lowest BCUT2D eigenvalue weighted by Crippen LogP contribution is -1.67. The van der Waals surface area contributed by atoms with Crippen LogP contribution in [-0.2, 0) is 0 Å². The average molecular weight is 475 g/mol. The van der Waals surface area contributed by atoms with Crippen LogP contribution in [-0.4, -0.2) is 10.2 Å². The topological polar surface area (TPSA) is 40.5 Å². The maximum atomic E-state index is 9.64. The maximum Gasteiger partial charge on any atom is 0.130 e. The third-order valence-corrected chi connectivity index (χ3v) is 19.4. The number of rotatable bonds is 10. The van der Waals surface area contributed by atoms with Gasteiger partial charge < -0.3 is 10.2 Å². The molecule has 23 heavy (non-hydrogen) atoms. The van der Waals surface area contributed by atoms with Crippen molar-refractivity contribution in [2.24, 2.45) is 0 Å². The first kappa shape index (κ1) is 20.5. The van der Waals surface area contributed by atoms with Gasteiger partial charge in [0, 0.05) is 0 Å². The SMILES string of the molecule is Oc1ccccc1SSSSSSSSSc1ccccc1O. The molecule has 0 atom stereocenters. The second-order valence-corrected chi connectivity index (χ2v) is 18.2. The van der Waals surface area contributed by atoms with Crippen LogP contribution in [0.5, 0.6) is 11.5 Å². The summed E-state index contributed by atoms with van der Waals surface area (Å²) in [4.78, 5) is 1.76. The molecule has 124 valence electrons. The minimum absolute atomic E-state index is 0.325. The van der Waals surface area contributed by atoms with Crippen molar-refractivity contribution in [1.82, 2.24) is 0 Å². The van der Waals surface area contributed by atoms with Crippen molar-refractivity contribution in [3.63, 3.8) is 0 Å². The lowest BCUT2D eigenvalue weighted by Gasteiger charge is -2.02. The molecule has 2 aromatic carbocycles. The molecule has 0 aliphatic carbocycles. The summed E-state index contributed by atoms with van der Waals surface area (Å²) >= 11 is 0. The molecule has 0 saturated heterocycles. The van der Waals surface area contributed by atoms with E-state index in [-0.39, 0.29) is 0 Å². The summed E-state index contributed by atoms with van der Waals surface area (Å²) in [5, 5.41) is 19.3. The van der Waals surface area contributed by atoms with Crippen LogP contribution in [0.15, 0.2) is 58.3 Å². The molecule has 0 fully saturated rings. The Hall–Kier alpha value is 1.19. The van der Waals surface area contributed by atoms with Gasteiger partial charge in [-0.25, -0.2) is 0 Å². The molecule has 2 nitrogen and oxygen atoms in total. The highest BCUT2D eigenvalue weighted by Gasteiger charge is 2.04. The van der Waals surface area contributed by atoms with Crippen LogP contribution in [0.3, 0.4) is 0 Å². The van der Waals surface area contributed by atoms with E-state index in [1.54, 1.807) is 103 Å². The highest BCUT2D eigenvalue weighted by Crippen LogP contribution is 2.60. The van der Waals surface area contributed by atoms with E-state index < -0.39 is 0 Å². The molecule has 0 aliphatic rings. The molecule has 11 heteroatoms. The minimum atomic E-state index is 0.325. The van der Waals surface area contributed by atoms with E-state index in [2.05, 4.69) is 0 Å². The summed E-state index contributed by atoms with van der Waals surface area (Å²) in [6.07, 6.45) is 0. The van der Waals surface area contributed by atoms with E-state index in [4.69, 9.17) is 0 Å². The lowest BCUT2D eigenvalue weighted by molar-refractivity contribution is 0.462. The van der Waals surface area contributed by atoms with Crippen LogP contribution in [0.1, 0.15) is 0 Å². The molecular weight excluding hydrogens is 465 g/mol. The first-order chi connectivity index (χ1) is 11.3. The van der Waals surface area contributed by atoms with Crippen molar-refractivity contribution in [2.45, 2.75) is 9.79 Å². The molecule has 0 bridgehead atoms. The van der Waals surface area contributed by atoms with E-state index in [1.165, 1.54) is 0 Å². The predicted octanol–water partition coefficient (Wildman–Crippen LogP) is 8.43. The van der Waals surface area contributed by atoms with E-state index >= 15 is 0 Å². The Balaban J connectivity index is 1.47. The van der Waals surface area contributed by atoms with Crippen molar-refractivity contribution < 1.29 is 10.2 Å². The number of hydrogen-bond acceptors (Lipinski definition) is 11. The van der Waals surface area contributed by atoms with Crippen molar-refractivity contribution in [1.29, 1.82) is 0 Å². The van der Waals surface area contributed by atoms with Crippen LogP contribution < -0.4 is 0 Å². The number of aromatic hydroxyl groups is 2. The molecule has 0 unspecified atom stereocenters. The first-order valence-electron chi connectivity index (χ1n) is 5.84. The summed E-state index contributed by atoms with van der Waals surface area (Å²) < 4.78 is 0. The summed E-state index contributed by atoms with van der Waals surface area (Å²) in [6, 6.07) is 14.7. The minimum Gasteiger partial charge on any atom is -0.507 e. The van der Waals surface area contributed by atoms with Crippen molar-refractivity contribution in [3.05, 3.63) is 48.5 Å². The molecule has 0 aliphatic heterocycles.